The fourth-order valence-electron chi connectivity index (χ4n) is 4.44. The molecule has 0 saturated carbocycles. The van der Waals surface area contributed by atoms with E-state index in [-0.39, 0.29) is 11.4 Å². The first-order chi connectivity index (χ1) is 16.2. The number of fused-ring (bicyclic) bond motifs is 1. The summed E-state index contributed by atoms with van der Waals surface area (Å²) in [4.78, 5) is 22.1. The predicted molar refractivity (Wildman–Crippen MR) is 133 cm³/mol. The number of methoxy groups -OCH3 is 1. The highest BCUT2D eigenvalue weighted by Crippen LogP contribution is 2.32. The number of hydroxylamine groups is 2. The molecule has 2 aromatic carbocycles. The zero-order valence-electron chi connectivity index (χ0n) is 19.7. The van der Waals surface area contributed by atoms with Crippen LogP contribution in [-0.2, 0) is 19.4 Å². The molecule has 0 amide bonds. The molecule has 9 heteroatoms. The normalized spacial score (nSPS) is 17.1. The summed E-state index contributed by atoms with van der Waals surface area (Å²) in [5, 5.41) is 1.56. The van der Waals surface area contributed by atoms with Crippen molar-refractivity contribution < 1.29 is 18.0 Å². The molecule has 1 aromatic heterocycles. The third-order valence-electron chi connectivity index (χ3n) is 5.91. The Hall–Kier alpha value is -3.30. The van der Waals surface area contributed by atoms with E-state index in [1.165, 1.54) is 10.8 Å². The fourth-order valence-corrected chi connectivity index (χ4v) is 5.40. The van der Waals surface area contributed by atoms with Gasteiger partial charge < -0.3 is 9.72 Å². The maximum atomic E-state index is 13.4. The second-order valence-electron chi connectivity index (χ2n) is 8.34. The number of benzene rings is 2. The summed E-state index contributed by atoms with van der Waals surface area (Å²) >= 11 is 0. The van der Waals surface area contributed by atoms with Crippen molar-refractivity contribution in [2.24, 2.45) is 0 Å². The van der Waals surface area contributed by atoms with Crippen LogP contribution in [0.2, 0.25) is 0 Å². The molecule has 34 heavy (non-hydrogen) atoms. The van der Waals surface area contributed by atoms with Crippen LogP contribution in [0, 0.1) is 6.92 Å². The molecular formula is C25H29N3O5S. The van der Waals surface area contributed by atoms with Gasteiger partial charge in [0.2, 0.25) is 0 Å². The number of imidazole rings is 1. The quantitative estimate of drug-likeness (QED) is 0.527. The number of nitrogens with zero attached hydrogens (tertiary/aromatic N) is 2. The molecule has 0 fully saturated rings. The smallest absolute Gasteiger partial charge is 0.326 e. The van der Waals surface area contributed by atoms with Crippen LogP contribution in [0.5, 0.6) is 0 Å². The Kier molecular flexibility index (Phi) is 6.67. The molecule has 2 unspecified atom stereocenters. The van der Waals surface area contributed by atoms with Crippen molar-refractivity contribution in [2.45, 2.75) is 25.9 Å². The van der Waals surface area contributed by atoms with Crippen LogP contribution in [0.15, 0.2) is 71.4 Å². The van der Waals surface area contributed by atoms with Crippen molar-refractivity contribution in [1.29, 1.82) is 0 Å². The number of hydrogen-bond acceptors (Lipinski definition) is 6. The van der Waals surface area contributed by atoms with Crippen LogP contribution in [0.1, 0.15) is 18.5 Å². The number of hydrogen-bond donors (Lipinski definition) is 1. The maximum Gasteiger partial charge on any atom is 0.326 e. The number of aromatic nitrogens is 2. The Labute approximate surface area is 199 Å². The summed E-state index contributed by atoms with van der Waals surface area (Å²) in [5.74, 6) is 0.319. The Morgan fingerprint density at radius 1 is 1.12 bits per heavy atom. The summed E-state index contributed by atoms with van der Waals surface area (Å²) in [6.45, 7) is 4.22. The molecule has 0 saturated heterocycles. The third kappa shape index (κ3) is 4.67. The topological polar surface area (TPSA) is 93.6 Å². The number of allylic oxidation sites excluding steroid dienone is 1. The number of para-hydroxylation sites is 1. The molecule has 1 aliphatic heterocycles. The number of nitrogens with one attached hydrogen (secondary N) is 1. The minimum Gasteiger partial charge on any atom is -0.495 e. The van der Waals surface area contributed by atoms with Crippen molar-refractivity contribution in [3.05, 3.63) is 82.6 Å². The lowest BCUT2D eigenvalue weighted by atomic mass is 9.99. The summed E-state index contributed by atoms with van der Waals surface area (Å²) < 4.78 is 31.8. The van der Waals surface area contributed by atoms with E-state index in [0.29, 0.717) is 23.4 Å². The van der Waals surface area contributed by atoms with Gasteiger partial charge in [-0.1, -0.05) is 42.5 Å². The van der Waals surface area contributed by atoms with Gasteiger partial charge in [-0.3, -0.25) is 9.40 Å². The van der Waals surface area contributed by atoms with Gasteiger partial charge in [-0.05, 0) is 37.1 Å². The summed E-state index contributed by atoms with van der Waals surface area (Å²) in [5.41, 5.74) is 3.87. The zero-order chi connectivity index (χ0) is 24.5. The summed E-state index contributed by atoms with van der Waals surface area (Å²) in [6.07, 6.45) is 6.41. The maximum absolute atomic E-state index is 13.4. The largest absolute Gasteiger partial charge is 0.495 e. The van der Waals surface area contributed by atoms with Gasteiger partial charge in [0, 0.05) is 11.8 Å². The highest BCUT2D eigenvalue weighted by Gasteiger charge is 2.34. The van der Waals surface area contributed by atoms with Crippen LogP contribution in [0.3, 0.4) is 0 Å². The molecule has 2 atom stereocenters. The molecule has 1 aliphatic rings. The van der Waals surface area contributed by atoms with E-state index in [1.807, 2.05) is 56.3 Å². The standard InChI is InChI=1S/C25H29N3O5S/c1-5-33-27-15-18(32-3)13-14-21(27)23(16-34(4,30)31)28-22-12-8-11-20(24(22)26-25(28)29)19-10-7-6-9-17(19)2/h6-15,21,23H,5,16H2,1-4H3,(H,26,29). The number of aryl methyl sites for hydroxylation is 1. The van der Waals surface area contributed by atoms with E-state index in [9.17, 15) is 13.2 Å². The molecule has 3 aromatic rings. The minimum absolute atomic E-state index is 0.247. The Balaban J connectivity index is 1.91. The highest BCUT2D eigenvalue weighted by molar-refractivity contribution is 7.90. The fraction of sp³-hybridized carbons (Fsp3) is 0.320. The third-order valence-corrected chi connectivity index (χ3v) is 6.85. The Morgan fingerprint density at radius 3 is 2.53 bits per heavy atom. The summed E-state index contributed by atoms with van der Waals surface area (Å²) in [6, 6.07) is 12.3. The van der Waals surface area contributed by atoms with Gasteiger partial charge in [0.1, 0.15) is 15.6 Å². The van der Waals surface area contributed by atoms with Gasteiger partial charge in [0.25, 0.3) is 0 Å². The number of sulfone groups is 1. The molecule has 180 valence electrons. The minimum atomic E-state index is -3.45. The van der Waals surface area contributed by atoms with Gasteiger partial charge in [0.05, 0.1) is 48.8 Å². The van der Waals surface area contributed by atoms with Crippen LogP contribution in [0.25, 0.3) is 22.2 Å². The SMILES string of the molecule is CCON1C=C(OC)C=CC1C(CS(C)(=O)=O)n1c(=O)[nH]c2c(-c3ccccc3C)cccc21. The Bertz CT molecular complexity index is 1420. The second-order valence-corrected chi connectivity index (χ2v) is 10.5. The number of rotatable bonds is 8. The van der Waals surface area contributed by atoms with Gasteiger partial charge in [-0.15, -0.1) is 0 Å². The van der Waals surface area contributed by atoms with Gasteiger partial charge in [0.15, 0.2) is 0 Å². The predicted octanol–water partition coefficient (Wildman–Crippen LogP) is 3.57. The molecule has 0 aliphatic carbocycles. The Morgan fingerprint density at radius 2 is 1.85 bits per heavy atom. The molecule has 0 radical (unpaired) electrons. The van der Waals surface area contributed by atoms with Crippen molar-refractivity contribution >= 4 is 20.9 Å². The molecular weight excluding hydrogens is 454 g/mol. The van der Waals surface area contributed by atoms with E-state index in [4.69, 9.17) is 9.57 Å². The van der Waals surface area contributed by atoms with E-state index in [0.717, 1.165) is 16.7 Å². The van der Waals surface area contributed by atoms with E-state index < -0.39 is 21.9 Å². The van der Waals surface area contributed by atoms with Crippen molar-refractivity contribution in [2.75, 3.05) is 25.7 Å². The monoisotopic (exact) mass is 483 g/mol. The number of H-pyrrole nitrogens is 1. The molecule has 0 spiro atoms. The molecule has 4 rings (SSSR count). The first-order valence-corrected chi connectivity index (χ1v) is 13.1. The van der Waals surface area contributed by atoms with Crippen LogP contribution in [-0.4, -0.2) is 54.8 Å². The van der Waals surface area contributed by atoms with Gasteiger partial charge >= 0.3 is 5.69 Å². The van der Waals surface area contributed by atoms with Crippen LogP contribution in [0.4, 0.5) is 0 Å². The second kappa shape index (κ2) is 9.52. The van der Waals surface area contributed by atoms with E-state index >= 15 is 0 Å². The average Bonchev–Trinajstić information content (AvgIpc) is 3.13. The van der Waals surface area contributed by atoms with Crippen molar-refractivity contribution in [3.8, 4) is 11.1 Å². The molecule has 0 bridgehead atoms. The van der Waals surface area contributed by atoms with E-state index in [1.54, 1.807) is 30.5 Å². The number of aromatic amines is 1. The highest BCUT2D eigenvalue weighted by atomic mass is 32.2. The first kappa shape index (κ1) is 23.8. The van der Waals surface area contributed by atoms with Crippen molar-refractivity contribution in [1.82, 2.24) is 14.6 Å². The van der Waals surface area contributed by atoms with Gasteiger partial charge in [-0.25, -0.2) is 18.3 Å². The molecule has 1 N–H and O–H groups in total. The van der Waals surface area contributed by atoms with E-state index in [2.05, 4.69) is 4.98 Å². The molecule has 2 heterocycles. The lowest BCUT2D eigenvalue weighted by Gasteiger charge is -2.35. The molecule has 8 nitrogen and oxygen atoms in total. The van der Waals surface area contributed by atoms with Crippen molar-refractivity contribution in [3.63, 3.8) is 0 Å². The zero-order valence-corrected chi connectivity index (χ0v) is 20.5. The lowest BCUT2D eigenvalue weighted by molar-refractivity contribution is -0.144. The lowest BCUT2D eigenvalue weighted by Crippen LogP contribution is -2.44. The first-order valence-electron chi connectivity index (χ1n) is 11.1. The average molecular weight is 484 g/mol. The van der Waals surface area contributed by atoms with Crippen LogP contribution < -0.4 is 5.69 Å². The summed E-state index contributed by atoms with van der Waals surface area (Å²) in [7, 11) is -1.90. The number of ether oxygens (including phenoxy) is 1. The van der Waals surface area contributed by atoms with Crippen LogP contribution >= 0.6 is 0 Å². The van der Waals surface area contributed by atoms with Gasteiger partial charge in [-0.2, -0.15) is 0 Å².